The molecule has 1 aliphatic carbocycles. The first-order valence-electron chi connectivity index (χ1n) is 6.29. The fraction of sp³-hybridized carbons (Fsp3) is 0.188. The van der Waals surface area contributed by atoms with E-state index in [1.807, 2.05) is 48.5 Å². The lowest BCUT2D eigenvalue weighted by molar-refractivity contribution is 0.103. The monoisotopic (exact) mass is 364 g/mol. The molecule has 0 bridgehead atoms. The second-order valence-electron chi connectivity index (χ2n) is 4.68. The molecule has 0 unspecified atom stereocenters. The average Bonchev–Trinajstić information content (AvgIpc) is 3.23. The summed E-state index contributed by atoms with van der Waals surface area (Å²) in [5.74, 6) is 0.901. The Bertz CT molecular complexity index is 600. The summed E-state index contributed by atoms with van der Waals surface area (Å²) in [6.07, 6.45) is 2.67. The van der Waals surface area contributed by atoms with Crippen molar-refractivity contribution >= 4 is 28.4 Å². The molecular weight excluding hydrogens is 351 g/mol. The van der Waals surface area contributed by atoms with Crippen molar-refractivity contribution in [3.8, 4) is 5.75 Å². The van der Waals surface area contributed by atoms with Crippen LogP contribution in [0.5, 0.6) is 5.75 Å². The molecule has 0 saturated heterocycles. The van der Waals surface area contributed by atoms with Crippen molar-refractivity contribution in [1.29, 1.82) is 0 Å². The van der Waals surface area contributed by atoms with E-state index in [0.717, 1.165) is 27.7 Å². The smallest absolute Gasteiger partial charge is 0.193 e. The Balaban J connectivity index is 1.79. The van der Waals surface area contributed by atoms with Gasteiger partial charge >= 0.3 is 0 Å². The molecule has 0 aromatic heterocycles. The molecule has 0 heterocycles. The standard InChI is InChI=1S/C16H13IO2/c17-13-3-1-2-12(10-13)16(18)11-4-6-14(7-5-11)19-15-8-9-15/h1-7,10,15H,8-9H2. The van der Waals surface area contributed by atoms with E-state index >= 15 is 0 Å². The highest BCUT2D eigenvalue weighted by Gasteiger charge is 2.23. The molecule has 1 aliphatic rings. The molecule has 2 aromatic rings. The third kappa shape index (κ3) is 3.15. The molecule has 0 spiro atoms. The predicted molar refractivity (Wildman–Crippen MR) is 82.7 cm³/mol. The van der Waals surface area contributed by atoms with Gasteiger partial charge in [0.15, 0.2) is 5.78 Å². The summed E-state index contributed by atoms with van der Waals surface area (Å²) in [6.45, 7) is 0. The van der Waals surface area contributed by atoms with Crippen LogP contribution in [0.2, 0.25) is 0 Å². The fourth-order valence-electron chi connectivity index (χ4n) is 1.86. The van der Waals surface area contributed by atoms with E-state index < -0.39 is 0 Å². The number of benzene rings is 2. The lowest BCUT2D eigenvalue weighted by Crippen LogP contribution is -2.02. The lowest BCUT2D eigenvalue weighted by atomic mass is 10.0. The molecule has 1 fully saturated rings. The number of hydrogen-bond acceptors (Lipinski definition) is 2. The maximum atomic E-state index is 12.3. The molecule has 0 aliphatic heterocycles. The van der Waals surface area contributed by atoms with Gasteiger partial charge in [0.1, 0.15) is 5.75 Å². The minimum atomic E-state index is 0.0523. The van der Waals surface area contributed by atoms with Crippen molar-refractivity contribution in [2.24, 2.45) is 0 Å². The fourth-order valence-corrected chi connectivity index (χ4v) is 2.40. The van der Waals surface area contributed by atoms with Crippen molar-refractivity contribution in [3.63, 3.8) is 0 Å². The molecular formula is C16H13IO2. The van der Waals surface area contributed by atoms with Crippen LogP contribution in [0.4, 0.5) is 0 Å². The van der Waals surface area contributed by atoms with Gasteiger partial charge in [0.2, 0.25) is 0 Å². The van der Waals surface area contributed by atoms with Gasteiger partial charge in [0.05, 0.1) is 6.10 Å². The first-order chi connectivity index (χ1) is 9.22. The van der Waals surface area contributed by atoms with Gasteiger partial charge in [-0.15, -0.1) is 0 Å². The topological polar surface area (TPSA) is 26.3 Å². The van der Waals surface area contributed by atoms with Crippen LogP contribution in [0.3, 0.4) is 0 Å². The number of carbonyl (C=O) groups is 1. The summed E-state index contributed by atoms with van der Waals surface area (Å²) in [6, 6.07) is 15.0. The number of rotatable bonds is 4. The van der Waals surface area contributed by atoms with Gasteiger partial charge in [0, 0.05) is 14.7 Å². The van der Waals surface area contributed by atoms with Gasteiger partial charge in [-0.25, -0.2) is 0 Å². The van der Waals surface area contributed by atoms with Crippen molar-refractivity contribution < 1.29 is 9.53 Å². The SMILES string of the molecule is O=C(c1ccc(OC2CC2)cc1)c1cccc(I)c1. The minimum Gasteiger partial charge on any atom is -0.490 e. The molecule has 19 heavy (non-hydrogen) atoms. The zero-order valence-electron chi connectivity index (χ0n) is 10.3. The summed E-state index contributed by atoms with van der Waals surface area (Å²) >= 11 is 2.21. The highest BCUT2D eigenvalue weighted by atomic mass is 127. The highest BCUT2D eigenvalue weighted by molar-refractivity contribution is 14.1. The number of carbonyl (C=O) groups excluding carboxylic acids is 1. The first-order valence-corrected chi connectivity index (χ1v) is 7.37. The molecule has 3 heteroatoms. The van der Waals surface area contributed by atoms with Crippen molar-refractivity contribution in [1.82, 2.24) is 0 Å². The highest BCUT2D eigenvalue weighted by Crippen LogP contribution is 2.27. The zero-order chi connectivity index (χ0) is 13.2. The summed E-state index contributed by atoms with van der Waals surface area (Å²) in [5.41, 5.74) is 1.42. The van der Waals surface area contributed by atoms with E-state index in [1.165, 1.54) is 0 Å². The van der Waals surface area contributed by atoms with E-state index in [4.69, 9.17) is 4.74 Å². The molecule has 3 rings (SSSR count). The summed E-state index contributed by atoms with van der Waals surface area (Å²) < 4.78 is 6.74. The molecule has 0 N–H and O–H groups in total. The van der Waals surface area contributed by atoms with Crippen LogP contribution >= 0.6 is 22.6 Å². The number of ether oxygens (including phenoxy) is 1. The Morgan fingerprint density at radius 1 is 1.05 bits per heavy atom. The Labute approximate surface area is 125 Å². The van der Waals surface area contributed by atoms with Crippen LogP contribution in [0, 0.1) is 3.57 Å². The molecule has 2 aromatic carbocycles. The number of halogens is 1. The van der Waals surface area contributed by atoms with Gasteiger partial charge < -0.3 is 4.74 Å². The molecule has 1 saturated carbocycles. The normalized spacial score (nSPS) is 14.2. The molecule has 0 radical (unpaired) electrons. The number of ketones is 1. The van der Waals surface area contributed by atoms with E-state index in [2.05, 4.69) is 22.6 Å². The summed E-state index contributed by atoms with van der Waals surface area (Å²) in [4.78, 5) is 12.3. The quantitative estimate of drug-likeness (QED) is 0.604. The van der Waals surface area contributed by atoms with Gasteiger partial charge in [-0.05, 0) is 71.8 Å². The summed E-state index contributed by atoms with van der Waals surface area (Å²) in [5, 5.41) is 0. The first kappa shape index (κ1) is 12.7. The Hall–Kier alpha value is -1.36. The van der Waals surface area contributed by atoms with Gasteiger partial charge in [-0.1, -0.05) is 12.1 Å². The largest absolute Gasteiger partial charge is 0.490 e. The second-order valence-corrected chi connectivity index (χ2v) is 5.93. The minimum absolute atomic E-state index is 0.0523. The van der Waals surface area contributed by atoms with Crippen LogP contribution in [0.1, 0.15) is 28.8 Å². The maximum Gasteiger partial charge on any atom is 0.193 e. The van der Waals surface area contributed by atoms with Gasteiger partial charge in [-0.3, -0.25) is 4.79 Å². The van der Waals surface area contributed by atoms with E-state index in [1.54, 1.807) is 0 Å². The van der Waals surface area contributed by atoms with E-state index in [0.29, 0.717) is 11.7 Å². The van der Waals surface area contributed by atoms with Gasteiger partial charge in [0.25, 0.3) is 0 Å². The zero-order valence-corrected chi connectivity index (χ0v) is 12.5. The third-order valence-corrected chi connectivity index (χ3v) is 3.70. The lowest BCUT2D eigenvalue weighted by Gasteiger charge is -2.06. The molecule has 96 valence electrons. The average molecular weight is 364 g/mol. The predicted octanol–water partition coefficient (Wildman–Crippen LogP) is 4.06. The van der Waals surface area contributed by atoms with Crippen molar-refractivity contribution in [2.45, 2.75) is 18.9 Å². The molecule has 0 amide bonds. The molecule has 0 atom stereocenters. The van der Waals surface area contributed by atoms with Crippen molar-refractivity contribution in [2.75, 3.05) is 0 Å². The second kappa shape index (κ2) is 5.33. The summed E-state index contributed by atoms with van der Waals surface area (Å²) in [7, 11) is 0. The van der Waals surface area contributed by atoms with E-state index in [-0.39, 0.29) is 5.78 Å². The number of hydrogen-bond donors (Lipinski definition) is 0. The van der Waals surface area contributed by atoms with E-state index in [9.17, 15) is 4.79 Å². The van der Waals surface area contributed by atoms with Crippen molar-refractivity contribution in [3.05, 3.63) is 63.2 Å². The van der Waals surface area contributed by atoms with Crippen LogP contribution in [0.25, 0.3) is 0 Å². The van der Waals surface area contributed by atoms with Gasteiger partial charge in [-0.2, -0.15) is 0 Å². The van der Waals surface area contributed by atoms with Crippen LogP contribution in [-0.2, 0) is 0 Å². The third-order valence-electron chi connectivity index (χ3n) is 3.03. The Morgan fingerprint density at radius 2 is 1.79 bits per heavy atom. The van der Waals surface area contributed by atoms with Crippen LogP contribution in [0.15, 0.2) is 48.5 Å². The Kier molecular flexibility index (Phi) is 3.55. The molecule has 2 nitrogen and oxygen atoms in total. The Morgan fingerprint density at radius 3 is 2.42 bits per heavy atom. The maximum absolute atomic E-state index is 12.3. The van der Waals surface area contributed by atoms with Crippen LogP contribution < -0.4 is 4.74 Å². The van der Waals surface area contributed by atoms with Crippen LogP contribution in [-0.4, -0.2) is 11.9 Å².